The Morgan fingerprint density at radius 1 is 1.21 bits per heavy atom. The first kappa shape index (κ1) is 13.9. The predicted octanol–water partition coefficient (Wildman–Crippen LogP) is 4.04. The van der Waals surface area contributed by atoms with Crippen LogP contribution in [0.25, 0.3) is 0 Å². The van der Waals surface area contributed by atoms with Gasteiger partial charge < -0.3 is 10.5 Å². The number of nitrogen functional groups attached to an aromatic ring is 1. The lowest BCUT2D eigenvalue weighted by Gasteiger charge is -2.06. The minimum atomic E-state index is -0.393. The predicted molar refractivity (Wildman–Crippen MR) is 79.1 cm³/mol. The molecule has 0 heterocycles. The lowest BCUT2D eigenvalue weighted by atomic mass is 10.2. The summed E-state index contributed by atoms with van der Waals surface area (Å²) in [4.78, 5) is 11.8. The second-order valence-electron chi connectivity index (χ2n) is 3.94. The fourth-order valence-electron chi connectivity index (χ4n) is 1.47. The summed E-state index contributed by atoms with van der Waals surface area (Å²) < 4.78 is 5.88. The molecule has 0 radical (unpaired) electrons. The number of benzene rings is 2. The second kappa shape index (κ2) is 6.08. The minimum Gasteiger partial charge on any atom is -0.457 e. The average Bonchev–Trinajstić information content (AvgIpc) is 2.41. The zero-order valence-electron chi connectivity index (χ0n) is 9.90. The standard InChI is InChI=1S/C14H11BrClNO2/c15-12-7-10(3-6-13(12)17)14(18)19-8-9-1-4-11(16)5-2-9/h1-7H,8,17H2. The number of hydrogen-bond acceptors (Lipinski definition) is 3. The molecule has 3 nitrogen and oxygen atoms in total. The molecule has 0 bridgehead atoms. The van der Waals surface area contributed by atoms with Crippen LogP contribution in [-0.2, 0) is 11.3 Å². The number of esters is 1. The van der Waals surface area contributed by atoms with E-state index in [1.165, 1.54) is 0 Å². The molecule has 2 aromatic carbocycles. The molecule has 98 valence electrons. The quantitative estimate of drug-likeness (QED) is 0.677. The third kappa shape index (κ3) is 3.72. The number of carbonyl (C=O) groups is 1. The van der Waals surface area contributed by atoms with Gasteiger partial charge in [-0.25, -0.2) is 4.79 Å². The first-order chi connectivity index (χ1) is 9.06. The summed E-state index contributed by atoms with van der Waals surface area (Å²) in [7, 11) is 0. The molecule has 2 N–H and O–H groups in total. The number of carbonyl (C=O) groups excluding carboxylic acids is 1. The van der Waals surface area contributed by atoms with E-state index in [2.05, 4.69) is 15.9 Å². The highest BCUT2D eigenvalue weighted by Crippen LogP contribution is 2.21. The molecule has 2 aromatic rings. The van der Waals surface area contributed by atoms with Gasteiger partial charge in [0.1, 0.15) is 6.61 Å². The summed E-state index contributed by atoms with van der Waals surface area (Å²) in [5.41, 5.74) is 7.57. The second-order valence-corrected chi connectivity index (χ2v) is 5.23. The lowest BCUT2D eigenvalue weighted by molar-refractivity contribution is 0.0472. The van der Waals surface area contributed by atoms with Crippen molar-refractivity contribution in [1.29, 1.82) is 0 Å². The Kier molecular flexibility index (Phi) is 4.45. The van der Waals surface area contributed by atoms with Crippen molar-refractivity contribution < 1.29 is 9.53 Å². The molecule has 0 unspecified atom stereocenters. The van der Waals surface area contributed by atoms with Crippen molar-refractivity contribution >= 4 is 39.2 Å². The summed E-state index contributed by atoms with van der Waals surface area (Å²) >= 11 is 9.05. The van der Waals surface area contributed by atoms with E-state index in [0.29, 0.717) is 20.7 Å². The Labute approximate surface area is 124 Å². The first-order valence-electron chi connectivity index (χ1n) is 5.53. The SMILES string of the molecule is Nc1ccc(C(=O)OCc2ccc(Cl)cc2)cc1Br. The molecule has 0 atom stereocenters. The zero-order valence-corrected chi connectivity index (χ0v) is 12.2. The Bertz CT molecular complexity index is 599. The van der Waals surface area contributed by atoms with Crippen molar-refractivity contribution in [3.05, 3.63) is 63.1 Å². The molecular formula is C14H11BrClNO2. The Morgan fingerprint density at radius 3 is 2.53 bits per heavy atom. The molecule has 0 aliphatic heterocycles. The van der Waals surface area contributed by atoms with Gasteiger partial charge in [-0.15, -0.1) is 0 Å². The maximum atomic E-state index is 11.8. The molecule has 0 saturated heterocycles. The molecule has 5 heteroatoms. The number of hydrogen-bond donors (Lipinski definition) is 1. The van der Waals surface area contributed by atoms with E-state index in [1.807, 2.05) is 12.1 Å². The molecule has 0 aliphatic rings. The highest BCUT2D eigenvalue weighted by atomic mass is 79.9. The summed E-state index contributed by atoms with van der Waals surface area (Å²) in [6, 6.07) is 12.1. The average molecular weight is 341 g/mol. The van der Waals surface area contributed by atoms with Crippen LogP contribution in [0.2, 0.25) is 5.02 Å². The van der Waals surface area contributed by atoms with Gasteiger partial charge in [0.2, 0.25) is 0 Å². The van der Waals surface area contributed by atoms with Gasteiger partial charge in [-0.05, 0) is 51.8 Å². The monoisotopic (exact) mass is 339 g/mol. The van der Waals surface area contributed by atoms with E-state index in [0.717, 1.165) is 5.56 Å². The van der Waals surface area contributed by atoms with Crippen molar-refractivity contribution in [2.24, 2.45) is 0 Å². The maximum Gasteiger partial charge on any atom is 0.338 e. The Balaban J connectivity index is 2.01. The fraction of sp³-hybridized carbons (Fsp3) is 0.0714. The molecule has 0 spiro atoms. The van der Waals surface area contributed by atoms with E-state index in [-0.39, 0.29) is 6.61 Å². The third-order valence-electron chi connectivity index (χ3n) is 2.52. The normalized spacial score (nSPS) is 10.2. The first-order valence-corrected chi connectivity index (χ1v) is 6.70. The van der Waals surface area contributed by atoms with Gasteiger partial charge >= 0.3 is 5.97 Å². The van der Waals surface area contributed by atoms with Crippen molar-refractivity contribution in [1.82, 2.24) is 0 Å². The molecule has 2 rings (SSSR count). The Hall–Kier alpha value is -1.52. The van der Waals surface area contributed by atoms with Crippen molar-refractivity contribution in [2.75, 3.05) is 5.73 Å². The molecule has 0 aromatic heterocycles. The summed E-state index contributed by atoms with van der Waals surface area (Å²) in [5, 5.41) is 0.651. The van der Waals surface area contributed by atoms with Crippen LogP contribution in [0.4, 0.5) is 5.69 Å². The van der Waals surface area contributed by atoms with Crippen LogP contribution in [0.15, 0.2) is 46.9 Å². The van der Waals surface area contributed by atoms with Crippen LogP contribution in [-0.4, -0.2) is 5.97 Å². The molecule has 19 heavy (non-hydrogen) atoms. The van der Waals surface area contributed by atoms with Crippen LogP contribution in [0, 0.1) is 0 Å². The van der Waals surface area contributed by atoms with Gasteiger partial charge in [-0.3, -0.25) is 0 Å². The molecular weight excluding hydrogens is 330 g/mol. The summed E-state index contributed by atoms with van der Waals surface area (Å²) in [6.45, 7) is 0.206. The zero-order chi connectivity index (χ0) is 13.8. The van der Waals surface area contributed by atoms with E-state index in [9.17, 15) is 4.79 Å². The van der Waals surface area contributed by atoms with Gasteiger partial charge in [0.15, 0.2) is 0 Å². The number of halogens is 2. The number of ether oxygens (including phenoxy) is 1. The lowest BCUT2D eigenvalue weighted by Crippen LogP contribution is -2.05. The van der Waals surface area contributed by atoms with Crippen LogP contribution in [0.5, 0.6) is 0 Å². The summed E-state index contributed by atoms with van der Waals surface area (Å²) in [5.74, 6) is -0.393. The van der Waals surface area contributed by atoms with E-state index < -0.39 is 5.97 Å². The van der Waals surface area contributed by atoms with Gasteiger partial charge in [-0.2, -0.15) is 0 Å². The number of rotatable bonds is 3. The van der Waals surface area contributed by atoms with Gasteiger partial charge in [0, 0.05) is 15.2 Å². The number of nitrogens with two attached hydrogens (primary N) is 1. The number of anilines is 1. The van der Waals surface area contributed by atoms with Gasteiger partial charge in [-0.1, -0.05) is 23.7 Å². The van der Waals surface area contributed by atoms with Crippen LogP contribution < -0.4 is 5.73 Å². The largest absolute Gasteiger partial charge is 0.457 e. The van der Waals surface area contributed by atoms with Crippen molar-refractivity contribution in [3.8, 4) is 0 Å². The van der Waals surface area contributed by atoms with Crippen molar-refractivity contribution in [3.63, 3.8) is 0 Å². The fourth-order valence-corrected chi connectivity index (χ4v) is 1.97. The third-order valence-corrected chi connectivity index (χ3v) is 3.46. The van der Waals surface area contributed by atoms with Crippen molar-refractivity contribution in [2.45, 2.75) is 6.61 Å². The Morgan fingerprint density at radius 2 is 1.89 bits per heavy atom. The molecule has 0 amide bonds. The molecule has 0 fully saturated rings. The molecule has 0 aliphatic carbocycles. The van der Waals surface area contributed by atoms with E-state index in [4.69, 9.17) is 22.1 Å². The van der Waals surface area contributed by atoms with E-state index in [1.54, 1.807) is 30.3 Å². The van der Waals surface area contributed by atoms with Crippen LogP contribution >= 0.6 is 27.5 Å². The van der Waals surface area contributed by atoms with Gasteiger partial charge in [0.25, 0.3) is 0 Å². The minimum absolute atomic E-state index is 0.206. The topological polar surface area (TPSA) is 52.3 Å². The van der Waals surface area contributed by atoms with Gasteiger partial charge in [0.05, 0.1) is 5.56 Å². The smallest absolute Gasteiger partial charge is 0.338 e. The van der Waals surface area contributed by atoms with Crippen LogP contribution in [0.3, 0.4) is 0 Å². The van der Waals surface area contributed by atoms with Crippen LogP contribution in [0.1, 0.15) is 15.9 Å². The summed E-state index contributed by atoms with van der Waals surface area (Å²) in [6.07, 6.45) is 0. The molecule has 0 saturated carbocycles. The highest BCUT2D eigenvalue weighted by Gasteiger charge is 2.09. The highest BCUT2D eigenvalue weighted by molar-refractivity contribution is 9.10. The maximum absolute atomic E-state index is 11.8. The van der Waals surface area contributed by atoms with E-state index >= 15 is 0 Å².